The maximum Gasteiger partial charge on any atom is 0.426 e. The number of rotatable bonds is 1. The van der Waals surface area contributed by atoms with Gasteiger partial charge in [0.25, 0.3) is 5.56 Å². The third kappa shape index (κ3) is 2.22. The molecule has 0 aliphatic rings. The molecule has 5 nitrogen and oxygen atoms in total. The predicted octanol–water partition coefficient (Wildman–Crippen LogP) is 2.47. The van der Waals surface area contributed by atoms with Crippen LogP contribution in [0.15, 0.2) is 56.5 Å². The molecule has 0 saturated heterocycles. The largest absolute Gasteiger partial charge is 0.426 e. The van der Waals surface area contributed by atoms with E-state index < -0.39 is 11.3 Å². The molecular formula is C15H7ClN2O3. The van der Waals surface area contributed by atoms with Crippen molar-refractivity contribution in [3.63, 3.8) is 0 Å². The molecule has 2 aromatic carbocycles. The molecule has 0 bridgehead atoms. The molecule has 6 heteroatoms. The fourth-order valence-corrected chi connectivity index (χ4v) is 2.17. The lowest BCUT2D eigenvalue weighted by Crippen LogP contribution is -2.30. The van der Waals surface area contributed by atoms with Crippen LogP contribution in [0.1, 0.15) is 5.56 Å². The van der Waals surface area contributed by atoms with Gasteiger partial charge in [-0.1, -0.05) is 11.6 Å². The van der Waals surface area contributed by atoms with Crippen LogP contribution < -0.4 is 11.3 Å². The molecule has 0 saturated carbocycles. The Morgan fingerprint density at radius 3 is 2.48 bits per heavy atom. The van der Waals surface area contributed by atoms with Crippen molar-refractivity contribution in [1.82, 2.24) is 4.57 Å². The highest BCUT2D eigenvalue weighted by Crippen LogP contribution is 2.16. The lowest BCUT2D eigenvalue weighted by atomic mass is 10.2. The fourth-order valence-electron chi connectivity index (χ4n) is 2.01. The summed E-state index contributed by atoms with van der Waals surface area (Å²) in [6, 6.07) is 12.5. The van der Waals surface area contributed by atoms with E-state index in [4.69, 9.17) is 21.3 Å². The van der Waals surface area contributed by atoms with Crippen molar-refractivity contribution in [2.75, 3.05) is 0 Å². The predicted molar refractivity (Wildman–Crippen MR) is 77.8 cm³/mol. The van der Waals surface area contributed by atoms with Crippen LogP contribution in [0.5, 0.6) is 0 Å². The third-order valence-electron chi connectivity index (χ3n) is 3.01. The van der Waals surface area contributed by atoms with E-state index in [9.17, 15) is 9.59 Å². The molecular weight excluding hydrogens is 292 g/mol. The van der Waals surface area contributed by atoms with Gasteiger partial charge in [-0.3, -0.25) is 4.79 Å². The Kier molecular flexibility index (Phi) is 3.09. The molecule has 0 amide bonds. The van der Waals surface area contributed by atoms with Gasteiger partial charge in [0, 0.05) is 11.1 Å². The van der Waals surface area contributed by atoms with Crippen molar-refractivity contribution >= 4 is 22.6 Å². The lowest BCUT2D eigenvalue weighted by Gasteiger charge is -2.05. The molecule has 1 aromatic heterocycles. The Morgan fingerprint density at radius 1 is 1.10 bits per heavy atom. The van der Waals surface area contributed by atoms with Gasteiger partial charge in [0.1, 0.15) is 5.58 Å². The van der Waals surface area contributed by atoms with Crippen LogP contribution >= 0.6 is 11.6 Å². The van der Waals surface area contributed by atoms with E-state index in [2.05, 4.69) is 0 Å². The van der Waals surface area contributed by atoms with Gasteiger partial charge in [0.15, 0.2) is 0 Å². The average molecular weight is 299 g/mol. The first-order chi connectivity index (χ1) is 10.1. The van der Waals surface area contributed by atoms with Crippen molar-refractivity contribution < 1.29 is 4.42 Å². The number of hydrogen-bond donors (Lipinski definition) is 0. The van der Waals surface area contributed by atoms with Gasteiger partial charge in [-0.05, 0) is 36.4 Å². The summed E-state index contributed by atoms with van der Waals surface area (Å²) in [5.41, 5.74) is 0.415. The van der Waals surface area contributed by atoms with Gasteiger partial charge >= 0.3 is 5.76 Å². The monoisotopic (exact) mass is 298 g/mol. The average Bonchev–Trinajstić information content (AvgIpc) is 2.47. The Labute approximate surface area is 123 Å². The highest BCUT2D eigenvalue weighted by molar-refractivity contribution is 6.31. The quantitative estimate of drug-likeness (QED) is 0.691. The number of halogens is 1. The zero-order chi connectivity index (χ0) is 15.0. The molecule has 0 atom stereocenters. The maximum atomic E-state index is 12.4. The Morgan fingerprint density at radius 2 is 1.81 bits per heavy atom. The molecule has 0 spiro atoms. The molecule has 1 heterocycles. The number of nitriles is 1. The second-order valence-electron chi connectivity index (χ2n) is 4.31. The summed E-state index contributed by atoms with van der Waals surface area (Å²) in [5, 5.41) is 9.39. The SMILES string of the molecule is N#Cc1ccc(-n2c(=O)oc3cc(Cl)ccc3c2=O)cc1. The molecule has 102 valence electrons. The van der Waals surface area contributed by atoms with Gasteiger partial charge in [-0.2, -0.15) is 5.26 Å². The van der Waals surface area contributed by atoms with Crippen LogP contribution in [-0.4, -0.2) is 4.57 Å². The van der Waals surface area contributed by atoms with E-state index in [1.165, 1.54) is 36.4 Å². The molecule has 3 aromatic rings. The lowest BCUT2D eigenvalue weighted by molar-refractivity contribution is 0.504. The Balaban J connectivity index is 2.32. The Bertz CT molecular complexity index is 995. The number of fused-ring (bicyclic) bond motifs is 1. The van der Waals surface area contributed by atoms with Crippen LogP contribution in [0.3, 0.4) is 0 Å². The molecule has 0 aliphatic carbocycles. The molecule has 0 fully saturated rings. The van der Waals surface area contributed by atoms with Crippen molar-refractivity contribution in [1.29, 1.82) is 5.26 Å². The minimum Gasteiger partial charge on any atom is -0.409 e. The van der Waals surface area contributed by atoms with E-state index >= 15 is 0 Å². The second kappa shape index (κ2) is 4.93. The summed E-state index contributed by atoms with van der Waals surface area (Å²) in [6.07, 6.45) is 0. The first kappa shape index (κ1) is 13.2. The van der Waals surface area contributed by atoms with E-state index in [0.717, 1.165) is 4.57 Å². The normalized spacial score (nSPS) is 10.5. The number of benzene rings is 2. The van der Waals surface area contributed by atoms with Crippen molar-refractivity contribution in [2.24, 2.45) is 0 Å². The van der Waals surface area contributed by atoms with Crippen molar-refractivity contribution in [2.45, 2.75) is 0 Å². The van der Waals surface area contributed by atoms with Crippen LogP contribution in [0.4, 0.5) is 0 Å². The summed E-state index contributed by atoms with van der Waals surface area (Å²) in [6.45, 7) is 0. The molecule has 21 heavy (non-hydrogen) atoms. The smallest absolute Gasteiger partial charge is 0.409 e. The van der Waals surface area contributed by atoms with E-state index in [-0.39, 0.29) is 11.0 Å². The van der Waals surface area contributed by atoms with Gasteiger partial charge < -0.3 is 4.42 Å². The van der Waals surface area contributed by atoms with Crippen LogP contribution in [0, 0.1) is 11.3 Å². The fraction of sp³-hybridized carbons (Fsp3) is 0. The summed E-state index contributed by atoms with van der Waals surface area (Å²) in [5.74, 6) is -0.806. The minimum atomic E-state index is -0.806. The highest BCUT2D eigenvalue weighted by atomic mass is 35.5. The zero-order valence-corrected chi connectivity index (χ0v) is 11.3. The van der Waals surface area contributed by atoms with Gasteiger partial charge in [0.05, 0.1) is 22.7 Å². The number of nitrogens with zero attached hydrogens (tertiary/aromatic N) is 2. The number of aromatic nitrogens is 1. The molecule has 0 aliphatic heterocycles. The first-order valence-electron chi connectivity index (χ1n) is 5.96. The van der Waals surface area contributed by atoms with Gasteiger partial charge in [-0.15, -0.1) is 0 Å². The van der Waals surface area contributed by atoms with E-state index in [1.54, 1.807) is 6.07 Å². The molecule has 0 unspecified atom stereocenters. The summed E-state index contributed by atoms with van der Waals surface area (Å²) < 4.78 is 6.04. The minimum absolute atomic E-state index is 0.141. The standard InChI is InChI=1S/C15H7ClN2O3/c16-10-3-6-12-13(7-10)21-15(20)18(14(12)19)11-4-1-9(8-17)2-5-11/h1-7H. The van der Waals surface area contributed by atoms with Crippen LogP contribution in [0.2, 0.25) is 5.02 Å². The van der Waals surface area contributed by atoms with E-state index in [0.29, 0.717) is 16.3 Å². The van der Waals surface area contributed by atoms with Crippen LogP contribution in [-0.2, 0) is 0 Å². The van der Waals surface area contributed by atoms with Crippen molar-refractivity contribution in [3.05, 3.63) is 74.0 Å². The molecule has 0 radical (unpaired) electrons. The second-order valence-corrected chi connectivity index (χ2v) is 4.74. The third-order valence-corrected chi connectivity index (χ3v) is 3.25. The first-order valence-corrected chi connectivity index (χ1v) is 6.34. The zero-order valence-electron chi connectivity index (χ0n) is 10.5. The Hall–Kier alpha value is -2.84. The summed E-state index contributed by atoms with van der Waals surface area (Å²) in [7, 11) is 0. The summed E-state index contributed by atoms with van der Waals surface area (Å²) >= 11 is 5.81. The topological polar surface area (TPSA) is 76.0 Å². The van der Waals surface area contributed by atoms with Gasteiger partial charge in [-0.25, -0.2) is 9.36 Å². The maximum absolute atomic E-state index is 12.4. The highest BCUT2D eigenvalue weighted by Gasteiger charge is 2.11. The van der Waals surface area contributed by atoms with Gasteiger partial charge in [0.2, 0.25) is 0 Å². The van der Waals surface area contributed by atoms with Crippen molar-refractivity contribution in [3.8, 4) is 11.8 Å². The number of hydrogen-bond acceptors (Lipinski definition) is 4. The summed E-state index contributed by atoms with van der Waals surface area (Å²) in [4.78, 5) is 24.4. The molecule has 3 rings (SSSR count). The van der Waals surface area contributed by atoms with E-state index in [1.807, 2.05) is 6.07 Å². The van der Waals surface area contributed by atoms with Crippen LogP contribution in [0.25, 0.3) is 16.7 Å². The molecule has 0 N–H and O–H groups in total.